The van der Waals surface area contributed by atoms with Gasteiger partial charge in [-0.25, -0.2) is 8.78 Å². The Morgan fingerprint density at radius 3 is 2.04 bits per heavy atom. The highest BCUT2D eigenvalue weighted by Gasteiger charge is 2.07. The van der Waals surface area contributed by atoms with Crippen molar-refractivity contribution >= 4 is 0 Å². The standard InChI is InChI=1S/C23H26F2O/c1-5-6-7-8-11-26-20-12-16(2)21(17(3)13-20)10-9-19-14-22(24)18(4)23(25)15-19/h12-15H,5-8,11H2,1-4H3. The highest BCUT2D eigenvalue weighted by Crippen LogP contribution is 2.22. The minimum Gasteiger partial charge on any atom is -0.494 e. The molecule has 3 heteroatoms. The average molecular weight is 356 g/mol. The Bertz CT molecular complexity index is 782. The number of hydrogen-bond donors (Lipinski definition) is 0. The fourth-order valence-corrected chi connectivity index (χ4v) is 2.78. The molecule has 0 saturated carbocycles. The predicted octanol–water partition coefficient (Wildman–Crippen LogP) is 6.25. The predicted molar refractivity (Wildman–Crippen MR) is 103 cm³/mol. The van der Waals surface area contributed by atoms with Gasteiger partial charge < -0.3 is 4.74 Å². The van der Waals surface area contributed by atoms with E-state index in [1.54, 1.807) is 0 Å². The van der Waals surface area contributed by atoms with Crippen LogP contribution in [0.1, 0.15) is 60.4 Å². The Balaban J connectivity index is 2.14. The summed E-state index contributed by atoms with van der Waals surface area (Å²) >= 11 is 0. The molecule has 2 aromatic rings. The van der Waals surface area contributed by atoms with Gasteiger partial charge in [-0.1, -0.05) is 38.0 Å². The molecule has 138 valence electrons. The van der Waals surface area contributed by atoms with E-state index in [0.29, 0.717) is 12.2 Å². The van der Waals surface area contributed by atoms with Crippen LogP contribution < -0.4 is 4.74 Å². The fraction of sp³-hybridized carbons (Fsp3) is 0.391. The maximum absolute atomic E-state index is 13.6. The lowest BCUT2D eigenvalue weighted by Crippen LogP contribution is -1.99. The zero-order chi connectivity index (χ0) is 19.1. The summed E-state index contributed by atoms with van der Waals surface area (Å²) in [5.74, 6) is 5.60. The highest BCUT2D eigenvalue weighted by atomic mass is 19.1. The summed E-state index contributed by atoms with van der Waals surface area (Å²) in [5, 5.41) is 0. The first kappa shape index (κ1) is 20.0. The number of benzene rings is 2. The molecule has 0 fully saturated rings. The van der Waals surface area contributed by atoms with E-state index in [9.17, 15) is 8.78 Å². The van der Waals surface area contributed by atoms with E-state index in [-0.39, 0.29) is 5.56 Å². The number of ether oxygens (including phenoxy) is 1. The van der Waals surface area contributed by atoms with Gasteiger partial charge >= 0.3 is 0 Å². The van der Waals surface area contributed by atoms with Crippen molar-refractivity contribution < 1.29 is 13.5 Å². The lowest BCUT2D eigenvalue weighted by Gasteiger charge is -2.10. The number of halogens is 2. The van der Waals surface area contributed by atoms with E-state index in [1.165, 1.54) is 38.3 Å². The summed E-state index contributed by atoms with van der Waals surface area (Å²) in [5.41, 5.74) is 3.21. The third-order valence-electron chi connectivity index (χ3n) is 4.39. The summed E-state index contributed by atoms with van der Waals surface area (Å²) in [7, 11) is 0. The monoisotopic (exact) mass is 356 g/mol. The van der Waals surface area contributed by atoms with Crippen LogP contribution in [0.3, 0.4) is 0 Å². The van der Waals surface area contributed by atoms with Crippen LogP contribution in [0.5, 0.6) is 5.75 Å². The number of hydrogen-bond acceptors (Lipinski definition) is 1. The highest BCUT2D eigenvalue weighted by molar-refractivity contribution is 5.53. The molecule has 0 aliphatic rings. The molecule has 0 aromatic heterocycles. The molecule has 0 atom stereocenters. The summed E-state index contributed by atoms with van der Waals surface area (Å²) < 4.78 is 33.1. The van der Waals surface area contributed by atoms with Gasteiger partial charge in [0.15, 0.2) is 0 Å². The van der Waals surface area contributed by atoms with Crippen LogP contribution in [0.25, 0.3) is 0 Å². The SMILES string of the molecule is CCCCCCOc1cc(C)c(C#Cc2cc(F)c(C)c(F)c2)c(C)c1. The lowest BCUT2D eigenvalue weighted by molar-refractivity contribution is 0.304. The van der Waals surface area contributed by atoms with Gasteiger partial charge in [0.25, 0.3) is 0 Å². The second kappa shape index (κ2) is 9.38. The molecular weight excluding hydrogens is 330 g/mol. The van der Waals surface area contributed by atoms with Gasteiger partial charge in [0.2, 0.25) is 0 Å². The Labute approximate surface area is 155 Å². The molecule has 0 unspecified atom stereocenters. The second-order valence-corrected chi connectivity index (χ2v) is 6.66. The largest absolute Gasteiger partial charge is 0.494 e. The molecule has 0 saturated heterocycles. The molecule has 0 bridgehead atoms. The van der Waals surface area contributed by atoms with Crippen molar-refractivity contribution in [3.05, 3.63) is 63.7 Å². The molecule has 26 heavy (non-hydrogen) atoms. The number of rotatable bonds is 6. The molecule has 0 heterocycles. The average Bonchev–Trinajstić information content (AvgIpc) is 2.58. The maximum atomic E-state index is 13.6. The van der Waals surface area contributed by atoms with Crippen LogP contribution in [0.2, 0.25) is 0 Å². The van der Waals surface area contributed by atoms with E-state index in [0.717, 1.165) is 28.9 Å². The third-order valence-corrected chi connectivity index (χ3v) is 4.39. The van der Waals surface area contributed by atoms with Gasteiger partial charge in [-0.3, -0.25) is 0 Å². The minimum atomic E-state index is -0.574. The molecule has 0 amide bonds. The molecule has 2 rings (SSSR count). The second-order valence-electron chi connectivity index (χ2n) is 6.66. The van der Waals surface area contributed by atoms with Crippen molar-refractivity contribution in [3.63, 3.8) is 0 Å². The summed E-state index contributed by atoms with van der Waals surface area (Å²) in [4.78, 5) is 0. The van der Waals surface area contributed by atoms with E-state index in [2.05, 4.69) is 18.8 Å². The van der Waals surface area contributed by atoms with Gasteiger partial charge in [0, 0.05) is 16.7 Å². The van der Waals surface area contributed by atoms with Gasteiger partial charge in [-0.05, 0) is 62.6 Å². The Hall–Kier alpha value is -2.34. The summed E-state index contributed by atoms with van der Waals surface area (Å²) in [6, 6.07) is 6.47. The van der Waals surface area contributed by atoms with Crippen molar-refractivity contribution in [1.82, 2.24) is 0 Å². The van der Waals surface area contributed by atoms with E-state index >= 15 is 0 Å². The van der Waals surface area contributed by atoms with Gasteiger partial charge in [-0.15, -0.1) is 0 Å². The van der Waals surface area contributed by atoms with Crippen LogP contribution in [0.15, 0.2) is 24.3 Å². The molecule has 0 aliphatic heterocycles. The lowest BCUT2D eigenvalue weighted by atomic mass is 10.0. The fourth-order valence-electron chi connectivity index (χ4n) is 2.78. The molecular formula is C23H26F2O. The Morgan fingerprint density at radius 1 is 0.846 bits per heavy atom. The van der Waals surface area contributed by atoms with Crippen molar-refractivity contribution in [3.8, 4) is 17.6 Å². The molecule has 0 N–H and O–H groups in total. The molecule has 0 radical (unpaired) electrons. The van der Waals surface area contributed by atoms with Gasteiger partial charge in [0.05, 0.1) is 6.61 Å². The molecule has 2 aromatic carbocycles. The van der Waals surface area contributed by atoms with Gasteiger partial charge in [0.1, 0.15) is 17.4 Å². The van der Waals surface area contributed by atoms with E-state index in [1.807, 2.05) is 26.0 Å². The van der Waals surface area contributed by atoms with Crippen molar-refractivity contribution in [2.24, 2.45) is 0 Å². The zero-order valence-electron chi connectivity index (χ0n) is 16.0. The first-order valence-electron chi connectivity index (χ1n) is 9.14. The van der Waals surface area contributed by atoms with Crippen LogP contribution >= 0.6 is 0 Å². The molecule has 1 nitrogen and oxygen atoms in total. The zero-order valence-corrected chi connectivity index (χ0v) is 16.0. The van der Waals surface area contributed by atoms with Crippen LogP contribution in [0.4, 0.5) is 8.78 Å². The number of aryl methyl sites for hydroxylation is 2. The molecule has 0 aliphatic carbocycles. The summed E-state index contributed by atoms with van der Waals surface area (Å²) in [6.45, 7) is 8.25. The normalized spacial score (nSPS) is 10.4. The van der Waals surface area contributed by atoms with Crippen LogP contribution in [0, 0.1) is 44.2 Å². The minimum absolute atomic E-state index is 0.0170. The molecule has 0 spiro atoms. The smallest absolute Gasteiger partial charge is 0.130 e. The Morgan fingerprint density at radius 2 is 1.46 bits per heavy atom. The third kappa shape index (κ3) is 5.33. The van der Waals surface area contributed by atoms with Gasteiger partial charge in [-0.2, -0.15) is 0 Å². The van der Waals surface area contributed by atoms with Crippen molar-refractivity contribution in [2.75, 3.05) is 6.61 Å². The van der Waals surface area contributed by atoms with Crippen LogP contribution in [-0.4, -0.2) is 6.61 Å². The first-order valence-corrected chi connectivity index (χ1v) is 9.14. The van der Waals surface area contributed by atoms with E-state index < -0.39 is 11.6 Å². The van der Waals surface area contributed by atoms with E-state index in [4.69, 9.17) is 4.74 Å². The Kier molecular flexibility index (Phi) is 7.21. The quantitative estimate of drug-likeness (QED) is 0.439. The van der Waals surface area contributed by atoms with Crippen molar-refractivity contribution in [1.29, 1.82) is 0 Å². The summed E-state index contributed by atoms with van der Waals surface area (Å²) in [6.07, 6.45) is 4.68. The topological polar surface area (TPSA) is 9.23 Å². The number of unbranched alkanes of at least 4 members (excludes halogenated alkanes) is 3. The van der Waals surface area contributed by atoms with Crippen molar-refractivity contribution in [2.45, 2.75) is 53.4 Å². The maximum Gasteiger partial charge on any atom is 0.130 e. The first-order chi connectivity index (χ1) is 12.4. The van der Waals surface area contributed by atoms with Crippen LogP contribution in [-0.2, 0) is 0 Å².